The van der Waals surface area contributed by atoms with Crippen LogP contribution in [0.5, 0.6) is 0 Å². The van der Waals surface area contributed by atoms with Crippen LogP contribution in [-0.4, -0.2) is 24.6 Å². The van der Waals surface area contributed by atoms with Crippen LogP contribution in [-0.2, 0) is 16.0 Å². The van der Waals surface area contributed by atoms with Crippen molar-refractivity contribution in [2.24, 2.45) is 11.7 Å². The fraction of sp³-hybridized carbons (Fsp3) is 0.400. The summed E-state index contributed by atoms with van der Waals surface area (Å²) in [6.45, 7) is 0.301. The van der Waals surface area contributed by atoms with Crippen molar-refractivity contribution in [3.8, 4) is 0 Å². The second-order valence-corrected chi connectivity index (χ2v) is 3.02. The molecule has 1 rings (SSSR count). The number of carbonyl (C=O) groups excluding carboxylic acids is 1. The van der Waals surface area contributed by atoms with Crippen molar-refractivity contribution in [3.63, 3.8) is 0 Å². The van der Waals surface area contributed by atoms with E-state index in [0.29, 0.717) is 13.0 Å². The molecule has 0 saturated carbocycles. The van der Waals surface area contributed by atoms with Gasteiger partial charge in [0.15, 0.2) is 0 Å². The van der Waals surface area contributed by atoms with Gasteiger partial charge in [0.2, 0.25) is 0 Å². The van der Waals surface area contributed by atoms with Gasteiger partial charge >= 0.3 is 5.97 Å². The minimum atomic E-state index is -0.262. The third kappa shape index (κ3) is 2.81. The summed E-state index contributed by atoms with van der Waals surface area (Å²) >= 11 is 0. The predicted molar refractivity (Wildman–Crippen MR) is 52.5 cm³/mol. The van der Waals surface area contributed by atoms with Crippen molar-refractivity contribution in [3.05, 3.63) is 30.1 Å². The number of nitrogens with two attached hydrogens (primary N) is 1. The number of esters is 1. The van der Waals surface area contributed by atoms with Gasteiger partial charge in [0.25, 0.3) is 0 Å². The zero-order chi connectivity index (χ0) is 10.4. The summed E-state index contributed by atoms with van der Waals surface area (Å²) in [6, 6.07) is 3.73. The molecule has 0 aliphatic carbocycles. The van der Waals surface area contributed by atoms with E-state index < -0.39 is 0 Å². The lowest BCUT2D eigenvalue weighted by Crippen LogP contribution is -2.26. The summed E-state index contributed by atoms with van der Waals surface area (Å²) in [5.41, 5.74) is 6.52. The molecular weight excluding hydrogens is 180 g/mol. The Balaban J connectivity index is 2.62. The van der Waals surface area contributed by atoms with Crippen LogP contribution in [0, 0.1) is 5.92 Å². The highest BCUT2D eigenvalue weighted by atomic mass is 16.5. The summed E-state index contributed by atoms with van der Waals surface area (Å²) in [5, 5.41) is 0. The first-order valence-electron chi connectivity index (χ1n) is 4.44. The zero-order valence-corrected chi connectivity index (χ0v) is 8.14. The highest BCUT2D eigenvalue weighted by Gasteiger charge is 2.17. The number of hydrogen-bond acceptors (Lipinski definition) is 4. The van der Waals surface area contributed by atoms with Gasteiger partial charge in [0.1, 0.15) is 0 Å². The molecule has 1 aromatic heterocycles. The summed E-state index contributed by atoms with van der Waals surface area (Å²) in [7, 11) is 1.37. The SMILES string of the molecule is COC(=O)[C@H](CN)Cc1ccncc1. The monoisotopic (exact) mass is 194 g/mol. The number of carbonyl (C=O) groups is 1. The quantitative estimate of drug-likeness (QED) is 0.703. The molecule has 4 heteroatoms. The summed E-state index contributed by atoms with van der Waals surface area (Å²) < 4.78 is 4.64. The van der Waals surface area contributed by atoms with E-state index in [1.165, 1.54) is 7.11 Å². The van der Waals surface area contributed by atoms with Crippen LogP contribution in [0.25, 0.3) is 0 Å². The molecule has 0 unspecified atom stereocenters. The molecule has 0 aliphatic rings. The number of nitrogens with zero attached hydrogens (tertiary/aromatic N) is 1. The molecule has 0 bridgehead atoms. The Hall–Kier alpha value is -1.42. The molecule has 0 saturated heterocycles. The minimum absolute atomic E-state index is 0.260. The van der Waals surface area contributed by atoms with E-state index in [1.54, 1.807) is 12.4 Å². The van der Waals surface area contributed by atoms with Crippen molar-refractivity contribution >= 4 is 5.97 Å². The number of ether oxygens (including phenoxy) is 1. The standard InChI is InChI=1S/C10H14N2O2/c1-14-10(13)9(7-11)6-8-2-4-12-5-3-8/h2-5,9H,6-7,11H2,1H3/t9-/m0/s1. The lowest BCUT2D eigenvalue weighted by Gasteiger charge is -2.11. The van der Waals surface area contributed by atoms with Crippen LogP contribution >= 0.6 is 0 Å². The predicted octanol–water partition coefficient (Wildman–Crippen LogP) is 0.372. The maximum absolute atomic E-state index is 11.2. The Morgan fingerprint density at radius 2 is 2.21 bits per heavy atom. The molecule has 76 valence electrons. The molecule has 4 nitrogen and oxygen atoms in total. The summed E-state index contributed by atoms with van der Waals surface area (Å²) in [4.78, 5) is 15.1. The molecule has 0 fully saturated rings. The average molecular weight is 194 g/mol. The normalized spacial score (nSPS) is 12.1. The molecule has 2 N–H and O–H groups in total. The lowest BCUT2D eigenvalue weighted by molar-refractivity contribution is -0.145. The Kier molecular flexibility index (Phi) is 4.07. The molecule has 0 spiro atoms. The first-order valence-corrected chi connectivity index (χ1v) is 4.44. The third-order valence-electron chi connectivity index (χ3n) is 2.05. The van der Waals surface area contributed by atoms with Crippen LogP contribution < -0.4 is 5.73 Å². The topological polar surface area (TPSA) is 65.2 Å². The van der Waals surface area contributed by atoms with Gasteiger partial charge in [0.05, 0.1) is 13.0 Å². The summed E-state index contributed by atoms with van der Waals surface area (Å²) in [5.74, 6) is -0.522. The van der Waals surface area contributed by atoms with Crippen LogP contribution in [0.4, 0.5) is 0 Å². The number of rotatable bonds is 4. The van der Waals surface area contributed by atoms with Gasteiger partial charge in [-0.2, -0.15) is 0 Å². The molecular formula is C10H14N2O2. The Morgan fingerprint density at radius 3 is 2.71 bits per heavy atom. The number of hydrogen-bond donors (Lipinski definition) is 1. The van der Waals surface area contributed by atoms with E-state index in [1.807, 2.05) is 12.1 Å². The van der Waals surface area contributed by atoms with Crippen molar-refractivity contribution in [1.29, 1.82) is 0 Å². The molecule has 0 aromatic carbocycles. The van der Waals surface area contributed by atoms with Crippen LogP contribution in [0.2, 0.25) is 0 Å². The molecule has 0 aliphatic heterocycles. The van der Waals surface area contributed by atoms with E-state index in [4.69, 9.17) is 5.73 Å². The maximum atomic E-state index is 11.2. The molecule has 0 amide bonds. The van der Waals surface area contributed by atoms with Crippen LogP contribution in [0.1, 0.15) is 5.56 Å². The van der Waals surface area contributed by atoms with Gasteiger partial charge < -0.3 is 10.5 Å². The minimum Gasteiger partial charge on any atom is -0.469 e. The molecule has 1 atom stereocenters. The van der Waals surface area contributed by atoms with Crippen molar-refractivity contribution in [2.75, 3.05) is 13.7 Å². The van der Waals surface area contributed by atoms with Gasteiger partial charge in [-0.1, -0.05) is 0 Å². The first kappa shape index (κ1) is 10.7. The highest BCUT2D eigenvalue weighted by molar-refractivity contribution is 5.72. The van der Waals surface area contributed by atoms with Gasteiger partial charge in [0, 0.05) is 18.9 Å². The second-order valence-electron chi connectivity index (χ2n) is 3.02. The van der Waals surface area contributed by atoms with E-state index >= 15 is 0 Å². The maximum Gasteiger partial charge on any atom is 0.310 e. The fourth-order valence-electron chi connectivity index (χ4n) is 1.23. The second kappa shape index (κ2) is 5.34. The molecule has 1 aromatic rings. The number of pyridine rings is 1. The summed E-state index contributed by atoms with van der Waals surface area (Å²) in [6.07, 6.45) is 3.99. The van der Waals surface area contributed by atoms with Crippen molar-refractivity contribution in [2.45, 2.75) is 6.42 Å². The van der Waals surface area contributed by atoms with Crippen molar-refractivity contribution in [1.82, 2.24) is 4.98 Å². The first-order chi connectivity index (χ1) is 6.77. The molecule has 0 radical (unpaired) electrons. The zero-order valence-electron chi connectivity index (χ0n) is 8.14. The lowest BCUT2D eigenvalue weighted by atomic mass is 10.0. The van der Waals surface area contributed by atoms with E-state index in [2.05, 4.69) is 9.72 Å². The third-order valence-corrected chi connectivity index (χ3v) is 2.05. The average Bonchev–Trinajstić information content (AvgIpc) is 2.26. The van der Waals surface area contributed by atoms with Gasteiger partial charge in [-0.15, -0.1) is 0 Å². The van der Waals surface area contributed by atoms with Gasteiger partial charge in [-0.25, -0.2) is 0 Å². The van der Waals surface area contributed by atoms with E-state index in [0.717, 1.165) is 5.56 Å². The largest absolute Gasteiger partial charge is 0.469 e. The smallest absolute Gasteiger partial charge is 0.310 e. The van der Waals surface area contributed by atoms with Crippen LogP contribution in [0.3, 0.4) is 0 Å². The molecule has 1 heterocycles. The highest BCUT2D eigenvalue weighted by Crippen LogP contribution is 2.08. The Labute approximate surface area is 83.1 Å². The Bertz CT molecular complexity index is 287. The van der Waals surface area contributed by atoms with E-state index in [9.17, 15) is 4.79 Å². The van der Waals surface area contributed by atoms with Crippen molar-refractivity contribution < 1.29 is 9.53 Å². The number of aromatic nitrogens is 1. The van der Waals surface area contributed by atoms with E-state index in [-0.39, 0.29) is 11.9 Å². The van der Waals surface area contributed by atoms with Gasteiger partial charge in [-0.05, 0) is 24.1 Å². The van der Waals surface area contributed by atoms with Crippen LogP contribution in [0.15, 0.2) is 24.5 Å². The molecule has 14 heavy (non-hydrogen) atoms. The fourth-order valence-corrected chi connectivity index (χ4v) is 1.23. The van der Waals surface area contributed by atoms with Gasteiger partial charge in [-0.3, -0.25) is 9.78 Å². The Morgan fingerprint density at radius 1 is 1.57 bits per heavy atom. The number of methoxy groups -OCH3 is 1.